The summed E-state index contributed by atoms with van der Waals surface area (Å²) in [6.07, 6.45) is -0.347. The van der Waals surface area contributed by atoms with Crippen molar-refractivity contribution in [3.63, 3.8) is 0 Å². The highest BCUT2D eigenvalue weighted by Crippen LogP contribution is 2.43. The van der Waals surface area contributed by atoms with E-state index in [1.54, 1.807) is 53.9 Å². The summed E-state index contributed by atoms with van der Waals surface area (Å²) in [6.45, 7) is 0.128. The summed E-state index contributed by atoms with van der Waals surface area (Å²) in [6, 6.07) is 16.1. The summed E-state index contributed by atoms with van der Waals surface area (Å²) >= 11 is 1.26. The third-order valence-corrected chi connectivity index (χ3v) is 5.85. The first kappa shape index (κ1) is 19.0. The van der Waals surface area contributed by atoms with Crippen LogP contribution in [0.3, 0.4) is 0 Å². The van der Waals surface area contributed by atoms with Gasteiger partial charge in [-0.25, -0.2) is 0 Å². The summed E-state index contributed by atoms with van der Waals surface area (Å²) in [5.74, 6) is -0.884. The smallest absolute Gasteiger partial charge is 0.269 e. The van der Waals surface area contributed by atoms with Crippen LogP contribution in [-0.4, -0.2) is 21.7 Å². The molecule has 2 heterocycles. The van der Waals surface area contributed by atoms with Crippen LogP contribution in [0.25, 0.3) is 0 Å². The standard InChI is InChI=1S/C21H16N2O5S/c24-18(19-6-3-11-29-19)12-21(26)16-4-1-2-5-17(16)22(20(21)25)13-14-7-9-15(10-8-14)23(27)28/h1-11,26H,12-13H2. The van der Waals surface area contributed by atoms with Gasteiger partial charge in [-0.2, -0.15) is 0 Å². The van der Waals surface area contributed by atoms with E-state index in [0.29, 0.717) is 21.7 Å². The first-order valence-electron chi connectivity index (χ1n) is 8.84. The van der Waals surface area contributed by atoms with Crippen LogP contribution in [-0.2, 0) is 16.9 Å². The normalized spacial score (nSPS) is 18.0. The summed E-state index contributed by atoms with van der Waals surface area (Å²) < 4.78 is 0. The molecule has 2 aromatic carbocycles. The summed E-state index contributed by atoms with van der Waals surface area (Å²) in [4.78, 5) is 38.0. The summed E-state index contributed by atoms with van der Waals surface area (Å²) in [7, 11) is 0. The number of fused-ring (bicyclic) bond motifs is 1. The van der Waals surface area contributed by atoms with Crippen molar-refractivity contribution in [2.24, 2.45) is 0 Å². The molecule has 8 heteroatoms. The number of non-ortho nitro benzene ring substituents is 1. The van der Waals surface area contributed by atoms with E-state index in [9.17, 15) is 24.8 Å². The number of rotatable bonds is 6. The average molecular weight is 408 g/mol. The number of nitro benzene ring substituents is 1. The molecule has 1 atom stereocenters. The number of thiophene rings is 1. The molecule has 1 unspecified atom stereocenters. The maximum Gasteiger partial charge on any atom is 0.269 e. The number of benzene rings is 2. The van der Waals surface area contributed by atoms with Crippen molar-refractivity contribution in [1.82, 2.24) is 0 Å². The Labute approximate surface area is 170 Å². The fourth-order valence-corrected chi connectivity index (χ4v) is 4.16. The highest BCUT2D eigenvalue weighted by atomic mass is 32.1. The molecular formula is C21H16N2O5S. The Bertz CT molecular complexity index is 1090. The zero-order chi connectivity index (χ0) is 20.6. The first-order valence-corrected chi connectivity index (χ1v) is 9.72. The molecule has 3 aromatic rings. The van der Waals surface area contributed by atoms with Gasteiger partial charge < -0.3 is 10.0 Å². The zero-order valence-corrected chi connectivity index (χ0v) is 16.0. The van der Waals surface area contributed by atoms with Gasteiger partial charge in [-0.3, -0.25) is 19.7 Å². The largest absolute Gasteiger partial charge is 0.375 e. The molecule has 0 fully saturated rings. The molecule has 0 bridgehead atoms. The molecule has 1 N–H and O–H groups in total. The van der Waals surface area contributed by atoms with Crippen LogP contribution in [0, 0.1) is 10.1 Å². The number of aliphatic hydroxyl groups is 1. The summed E-state index contributed by atoms with van der Waals surface area (Å²) in [5.41, 5.74) is -0.403. The minimum Gasteiger partial charge on any atom is -0.375 e. The second kappa shape index (κ2) is 7.23. The van der Waals surface area contributed by atoms with Crippen LogP contribution >= 0.6 is 11.3 Å². The minimum absolute atomic E-state index is 0.0417. The lowest BCUT2D eigenvalue weighted by Crippen LogP contribution is -2.41. The number of carbonyl (C=O) groups excluding carboxylic acids is 2. The monoisotopic (exact) mass is 408 g/mol. The maximum atomic E-state index is 13.2. The molecule has 7 nitrogen and oxygen atoms in total. The van der Waals surface area contributed by atoms with Gasteiger partial charge in [0.25, 0.3) is 11.6 Å². The molecule has 1 aliphatic heterocycles. The Balaban J connectivity index is 1.65. The minimum atomic E-state index is -1.95. The van der Waals surface area contributed by atoms with Crippen LogP contribution in [0.2, 0.25) is 0 Å². The van der Waals surface area contributed by atoms with Crippen molar-refractivity contribution in [3.05, 3.63) is 92.2 Å². The van der Waals surface area contributed by atoms with Crippen molar-refractivity contribution < 1.29 is 19.6 Å². The van der Waals surface area contributed by atoms with Crippen molar-refractivity contribution >= 4 is 34.4 Å². The number of nitrogens with zero attached hydrogens (tertiary/aromatic N) is 2. The van der Waals surface area contributed by atoms with E-state index in [-0.39, 0.29) is 24.4 Å². The molecule has 1 aliphatic rings. The lowest BCUT2D eigenvalue weighted by atomic mass is 9.89. The number of para-hydroxylation sites is 1. The van der Waals surface area contributed by atoms with Gasteiger partial charge in [0.05, 0.1) is 28.5 Å². The number of anilines is 1. The van der Waals surface area contributed by atoms with Crippen LogP contribution < -0.4 is 4.90 Å². The van der Waals surface area contributed by atoms with Crippen LogP contribution in [0.1, 0.15) is 27.2 Å². The lowest BCUT2D eigenvalue weighted by molar-refractivity contribution is -0.384. The molecule has 0 spiro atoms. The number of Topliss-reactive ketones (excluding diaryl/α,β-unsaturated/α-hetero) is 1. The Morgan fingerprint density at radius 1 is 1.10 bits per heavy atom. The molecule has 0 saturated heterocycles. The van der Waals surface area contributed by atoms with Crippen molar-refractivity contribution in [2.75, 3.05) is 4.90 Å². The van der Waals surface area contributed by atoms with E-state index >= 15 is 0 Å². The molecule has 146 valence electrons. The maximum absolute atomic E-state index is 13.2. The highest BCUT2D eigenvalue weighted by Gasteiger charge is 2.50. The van der Waals surface area contributed by atoms with Gasteiger partial charge in [0.15, 0.2) is 11.4 Å². The fraction of sp³-hybridized carbons (Fsp3) is 0.143. The Morgan fingerprint density at radius 2 is 1.83 bits per heavy atom. The van der Waals surface area contributed by atoms with Crippen LogP contribution in [0.5, 0.6) is 0 Å². The number of hydrogen-bond acceptors (Lipinski definition) is 6. The van der Waals surface area contributed by atoms with E-state index in [4.69, 9.17) is 0 Å². The zero-order valence-electron chi connectivity index (χ0n) is 15.1. The molecule has 0 aliphatic carbocycles. The fourth-order valence-electron chi connectivity index (χ4n) is 3.50. The van der Waals surface area contributed by atoms with Crippen molar-refractivity contribution in [3.8, 4) is 0 Å². The van der Waals surface area contributed by atoms with E-state index in [0.717, 1.165) is 0 Å². The molecule has 0 radical (unpaired) electrons. The molecule has 1 aromatic heterocycles. The topological polar surface area (TPSA) is 101 Å². The Morgan fingerprint density at radius 3 is 2.48 bits per heavy atom. The number of amides is 1. The van der Waals surface area contributed by atoms with Gasteiger partial charge in [-0.05, 0) is 23.1 Å². The number of carbonyl (C=O) groups is 2. The van der Waals surface area contributed by atoms with Crippen molar-refractivity contribution in [1.29, 1.82) is 0 Å². The number of ketones is 1. The molecular weight excluding hydrogens is 392 g/mol. The molecule has 0 saturated carbocycles. The van der Waals surface area contributed by atoms with E-state index in [1.165, 1.54) is 28.4 Å². The average Bonchev–Trinajstić information content (AvgIpc) is 3.32. The van der Waals surface area contributed by atoms with Gasteiger partial charge in [-0.1, -0.05) is 36.4 Å². The molecule has 1 amide bonds. The van der Waals surface area contributed by atoms with Gasteiger partial charge in [0.1, 0.15) is 0 Å². The van der Waals surface area contributed by atoms with E-state index in [2.05, 4.69) is 0 Å². The van der Waals surface area contributed by atoms with Crippen LogP contribution in [0.4, 0.5) is 11.4 Å². The second-order valence-corrected chi connectivity index (χ2v) is 7.72. The quantitative estimate of drug-likeness (QED) is 0.381. The number of nitro groups is 1. The molecule has 29 heavy (non-hydrogen) atoms. The third-order valence-electron chi connectivity index (χ3n) is 4.94. The van der Waals surface area contributed by atoms with Crippen LogP contribution in [0.15, 0.2) is 66.0 Å². The van der Waals surface area contributed by atoms with Gasteiger partial charge in [-0.15, -0.1) is 11.3 Å². The predicted octanol–water partition coefficient (Wildman–Crippen LogP) is 3.66. The summed E-state index contributed by atoms with van der Waals surface area (Å²) in [5, 5.41) is 23.9. The predicted molar refractivity (Wildman–Crippen MR) is 108 cm³/mol. The molecule has 4 rings (SSSR count). The lowest BCUT2D eigenvalue weighted by Gasteiger charge is -2.22. The van der Waals surface area contributed by atoms with Crippen molar-refractivity contribution in [2.45, 2.75) is 18.6 Å². The third kappa shape index (κ3) is 3.32. The second-order valence-electron chi connectivity index (χ2n) is 6.77. The Kier molecular flexibility index (Phi) is 4.73. The Hall–Kier alpha value is -3.36. The van der Waals surface area contributed by atoms with Gasteiger partial charge >= 0.3 is 0 Å². The van der Waals surface area contributed by atoms with Gasteiger partial charge in [0.2, 0.25) is 0 Å². The van der Waals surface area contributed by atoms with Gasteiger partial charge in [0, 0.05) is 17.7 Å². The number of hydrogen-bond donors (Lipinski definition) is 1. The highest BCUT2D eigenvalue weighted by molar-refractivity contribution is 7.12. The van der Waals surface area contributed by atoms with E-state index in [1.807, 2.05) is 0 Å². The first-order chi connectivity index (χ1) is 13.9. The van der Waals surface area contributed by atoms with E-state index < -0.39 is 16.4 Å². The SMILES string of the molecule is O=C(CC1(O)C(=O)N(Cc2ccc([N+](=O)[O-])cc2)c2ccccc21)c1cccs1.